The molecular formula is C31H27N9. The first-order valence-electron chi connectivity index (χ1n) is 12.9. The van der Waals surface area contributed by atoms with Crippen molar-refractivity contribution in [1.29, 1.82) is 0 Å². The van der Waals surface area contributed by atoms with E-state index in [-0.39, 0.29) is 0 Å². The second kappa shape index (κ2) is 12.8. The summed E-state index contributed by atoms with van der Waals surface area (Å²) in [5.74, 6) is 12.2. The van der Waals surface area contributed by atoms with Gasteiger partial charge in [-0.25, -0.2) is 9.97 Å². The molecule has 196 valence electrons. The van der Waals surface area contributed by atoms with Gasteiger partial charge in [-0.3, -0.25) is 0 Å². The summed E-state index contributed by atoms with van der Waals surface area (Å²) < 4.78 is 0. The lowest BCUT2D eigenvalue weighted by Gasteiger charge is -1.92. The number of hydrogen-bond acceptors (Lipinski definition) is 7. The van der Waals surface area contributed by atoms with E-state index in [4.69, 9.17) is 5.73 Å². The van der Waals surface area contributed by atoms with Gasteiger partial charge >= 0.3 is 0 Å². The fourth-order valence-electron chi connectivity index (χ4n) is 3.81. The summed E-state index contributed by atoms with van der Waals surface area (Å²) in [5, 5.41) is 17.6. The number of rotatable bonds is 4. The maximum atomic E-state index is 5.85. The summed E-state index contributed by atoms with van der Waals surface area (Å²) in [6.07, 6.45) is 4.84. The SMILES string of the molecule is Cc1cccc2nn(CCC#Cc3ccccn3)nc12.Nc1cccc2nn(CCC#Cc3ccccn3)nc12. The first-order valence-corrected chi connectivity index (χ1v) is 12.9. The number of nitrogens with zero attached hydrogens (tertiary/aromatic N) is 8. The van der Waals surface area contributed by atoms with Crippen LogP contribution in [0.3, 0.4) is 0 Å². The summed E-state index contributed by atoms with van der Waals surface area (Å²) in [7, 11) is 0. The Hall–Kier alpha value is -5.54. The molecular weight excluding hydrogens is 498 g/mol. The summed E-state index contributed by atoms with van der Waals surface area (Å²) in [5.41, 5.74) is 12.7. The van der Waals surface area contributed by atoms with Gasteiger partial charge in [-0.15, -0.1) is 0 Å². The molecule has 0 spiro atoms. The topological polar surface area (TPSA) is 113 Å². The standard InChI is InChI=1S/C16H14N4.C15H13N5/c1-13-7-6-10-15-16(13)19-20(18-15)12-5-3-9-14-8-2-4-11-17-14;16-13-8-5-9-14-15(13)19-20(18-14)11-4-2-7-12-6-1-3-10-17-12/h2,4,6-8,10-11H,5,12H2,1H3;1,3,5-6,8-10H,4,11,16H2. The number of pyridine rings is 2. The monoisotopic (exact) mass is 525 g/mol. The molecule has 0 bridgehead atoms. The van der Waals surface area contributed by atoms with Crippen LogP contribution in [-0.2, 0) is 13.1 Å². The molecule has 0 saturated heterocycles. The van der Waals surface area contributed by atoms with E-state index in [0.717, 1.165) is 39.0 Å². The third-order valence-electron chi connectivity index (χ3n) is 5.78. The van der Waals surface area contributed by atoms with Gasteiger partial charge in [0.1, 0.15) is 33.5 Å². The molecule has 2 aromatic carbocycles. The largest absolute Gasteiger partial charge is 0.397 e. The molecule has 0 aliphatic carbocycles. The Bertz CT molecular complexity index is 1700. The number of aromatic nitrogens is 8. The first kappa shape index (κ1) is 26.1. The fourth-order valence-corrected chi connectivity index (χ4v) is 3.81. The summed E-state index contributed by atoms with van der Waals surface area (Å²) in [4.78, 5) is 11.6. The van der Waals surface area contributed by atoms with Crippen LogP contribution in [0.4, 0.5) is 5.69 Å². The van der Waals surface area contributed by atoms with Crippen LogP contribution in [0, 0.1) is 30.6 Å². The Balaban J connectivity index is 0.000000161. The van der Waals surface area contributed by atoms with E-state index >= 15 is 0 Å². The van der Waals surface area contributed by atoms with Crippen molar-refractivity contribution in [2.75, 3.05) is 5.73 Å². The average Bonchev–Trinajstić information content (AvgIpc) is 3.61. The molecule has 6 aromatic rings. The normalized spacial score (nSPS) is 10.2. The lowest BCUT2D eigenvalue weighted by Crippen LogP contribution is -2.01. The van der Waals surface area contributed by atoms with Gasteiger partial charge in [-0.2, -0.15) is 30.0 Å². The smallest absolute Gasteiger partial charge is 0.136 e. The minimum absolute atomic E-state index is 0.633. The third kappa shape index (κ3) is 6.85. The highest BCUT2D eigenvalue weighted by Crippen LogP contribution is 2.16. The average molecular weight is 526 g/mol. The van der Waals surface area contributed by atoms with Crippen molar-refractivity contribution in [3.63, 3.8) is 0 Å². The molecule has 2 N–H and O–H groups in total. The van der Waals surface area contributed by atoms with Crippen LogP contribution < -0.4 is 5.73 Å². The molecule has 4 heterocycles. The molecule has 0 amide bonds. The molecule has 0 atom stereocenters. The van der Waals surface area contributed by atoms with Gasteiger partial charge in [-0.05, 0) is 66.8 Å². The predicted octanol–water partition coefficient (Wildman–Crippen LogP) is 4.43. The quantitative estimate of drug-likeness (QED) is 0.268. The fraction of sp³-hybridized carbons (Fsp3) is 0.161. The summed E-state index contributed by atoms with van der Waals surface area (Å²) in [6, 6.07) is 23.0. The van der Waals surface area contributed by atoms with Gasteiger partial charge < -0.3 is 5.73 Å². The highest BCUT2D eigenvalue weighted by atomic mass is 15.5. The van der Waals surface area contributed by atoms with E-state index in [1.165, 1.54) is 0 Å². The van der Waals surface area contributed by atoms with Crippen LogP contribution >= 0.6 is 0 Å². The van der Waals surface area contributed by atoms with Crippen molar-refractivity contribution in [2.45, 2.75) is 32.9 Å². The van der Waals surface area contributed by atoms with Gasteiger partial charge in [0.25, 0.3) is 0 Å². The van der Waals surface area contributed by atoms with E-state index in [0.29, 0.717) is 31.6 Å². The second-order valence-electron chi connectivity index (χ2n) is 8.78. The number of nitrogens with two attached hydrogens (primary N) is 1. The van der Waals surface area contributed by atoms with Crippen LogP contribution in [0.5, 0.6) is 0 Å². The van der Waals surface area contributed by atoms with Crippen molar-refractivity contribution in [1.82, 2.24) is 40.0 Å². The molecule has 0 radical (unpaired) electrons. The lowest BCUT2D eigenvalue weighted by molar-refractivity contribution is 0.555. The molecule has 0 fully saturated rings. The third-order valence-corrected chi connectivity index (χ3v) is 5.78. The number of hydrogen-bond donors (Lipinski definition) is 1. The molecule has 0 saturated carbocycles. The molecule has 9 nitrogen and oxygen atoms in total. The Morgan fingerprint density at radius 2 is 1.18 bits per heavy atom. The number of nitrogen functional groups attached to an aromatic ring is 1. The molecule has 6 rings (SSSR count). The van der Waals surface area contributed by atoms with Crippen molar-refractivity contribution in [3.05, 3.63) is 102 Å². The van der Waals surface area contributed by atoms with Gasteiger partial charge in [0.05, 0.1) is 18.8 Å². The Morgan fingerprint density at radius 1 is 0.625 bits per heavy atom. The van der Waals surface area contributed by atoms with E-state index in [2.05, 4.69) is 54.0 Å². The van der Waals surface area contributed by atoms with E-state index in [9.17, 15) is 0 Å². The Morgan fingerprint density at radius 3 is 1.70 bits per heavy atom. The van der Waals surface area contributed by atoms with E-state index < -0.39 is 0 Å². The molecule has 40 heavy (non-hydrogen) atoms. The molecule has 0 aliphatic heterocycles. The van der Waals surface area contributed by atoms with Crippen LogP contribution in [0.1, 0.15) is 29.8 Å². The second-order valence-corrected chi connectivity index (χ2v) is 8.78. The Kier molecular flexibility index (Phi) is 8.35. The lowest BCUT2D eigenvalue weighted by atomic mass is 10.2. The highest BCUT2D eigenvalue weighted by molar-refractivity contribution is 5.85. The van der Waals surface area contributed by atoms with E-state index in [1.54, 1.807) is 22.0 Å². The zero-order valence-electron chi connectivity index (χ0n) is 22.1. The minimum atomic E-state index is 0.633. The predicted molar refractivity (Wildman–Crippen MR) is 156 cm³/mol. The van der Waals surface area contributed by atoms with Crippen molar-refractivity contribution < 1.29 is 0 Å². The number of fused-ring (bicyclic) bond motifs is 2. The van der Waals surface area contributed by atoms with Gasteiger partial charge in [0, 0.05) is 25.2 Å². The maximum Gasteiger partial charge on any atom is 0.136 e. The molecule has 0 aliphatic rings. The van der Waals surface area contributed by atoms with Gasteiger partial charge in [0.2, 0.25) is 0 Å². The van der Waals surface area contributed by atoms with Gasteiger partial charge in [-0.1, -0.05) is 42.2 Å². The van der Waals surface area contributed by atoms with Crippen LogP contribution in [0.2, 0.25) is 0 Å². The first-order chi connectivity index (χ1) is 19.7. The molecule has 9 heteroatoms. The zero-order valence-corrected chi connectivity index (χ0v) is 22.1. The van der Waals surface area contributed by atoms with Gasteiger partial charge in [0.15, 0.2) is 0 Å². The number of aryl methyl sites for hydroxylation is 3. The maximum absolute atomic E-state index is 5.85. The van der Waals surface area contributed by atoms with Crippen LogP contribution in [0.25, 0.3) is 22.1 Å². The molecule has 0 unspecified atom stereocenters. The van der Waals surface area contributed by atoms with E-state index in [1.807, 2.05) is 79.7 Å². The molecule has 4 aromatic heterocycles. The Labute approximate surface area is 232 Å². The summed E-state index contributed by atoms with van der Waals surface area (Å²) >= 11 is 0. The van der Waals surface area contributed by atoms with Crippen LogP contribution in [0.15, 0.2) is 85.2 Å². The zero-order chi connectivity index (χ0) is 27.6. The van der Waals surface area contributed by atoms with Crippen molar-refractivity contribution in [2.24, 2.45) is 0 Å². The minimum Gasteiger partial charge on any atom is -0.397 e. The highest BCUT2D eigenvalue weighted by Gasteiger charge is 2.05. The number of anilines is 1. The van der Waals surface area contributed by atoms with Crippen molar-refractivity contribution in [3.8, 4) is 23.7 Å². The van der Waals surface area contributed by atoms with Crippen molar-refractivity contribution >= 4 is 27.8 Å². The number of benzene rings is 2. The summed E-state index contributed by atoms with van der Waals surface area (Å²) in [6.45, 7) is 3.37. The van der Waals surface area contributed by atoms with Crippen LogP contribution in [-0.4, -0.2) is 40.0 Å².